The molecule has 26 heavy (non-hydrogen) atoms. The van der Waals surface area contributed by atoms with E-state index in [4.69, 9.17) is 4.74 Å². The van der Waals surface area contributed by atoms with Gasteiger partial charge in [-0.25, -0.2) is 13.4 Å². The molecule has 0 spiro atoms. The van der Waals surface area contributed by atoms with Crippen molar-refractivity contribution >= 4 is 27.1 Å². The average molecular weight is 393 g/mol. The zero-order valence-corrected chi connectivity index (χ0v) is 15.8. The number of amides is 1. The fourth-order valence-electron chi connectivity index (χ4n) is 3.55. The summed E-state index contributed by atoms with van der Waals surface area (Å²) in [5, 5.41) is 2.92. The second kappa shape index (κ2) is 7.09. The van der Waals surface area contributed by atoms with Crippen LogP contribution in [0.15, 0.2) is 35.7 Å². The number of ether oxygens (including phenoxy) is 1. The highest BCUT2D eigenvalue weighted by atomic mass is 32.2. The van der Waals surface area contributed by atoms with Gasteiger partial charge in [0.2, 0.25) is 5.91 Å². The van der Waals surface area contributed by atoms with Gasteiger partial charge >= 0.3 is 0 Å². The van der Waals surface area contributed by atoms with Crippen molar-refractivity contribution < 1.29 is 17.9 Å². The SMILES string of the molecule is O=C(CCc1nc(-c2ccccc2)cs1)N1CCOC2CS(=O)(=O)CC21. The van der Waals surface area contributed by atoms with Crippen LogP contribution in [0.2, 0.25) is 0 Å². The van der Waals surface area contributed by atoms with E-state index in [1.54, 1.807) is 16.2 Å². The number of nitrogens with zero attached hydrogens (tertiary/aromatic N) is 2. The average Bonchev–Trinajstić information content (AvgIpc) is 3.22. The van der Waals surface area contributed by atoms with E-state index in [9.17, 15) is 13.2 Å². The van der Waals surface area contributed by atoms with Crippen molar-refractivity contribution in [2.75, 3.05) is 24.7 Å². The molecular formula is C18H20N2O4S2. The minimum Gasteiger partial charge on any atom is -0.373 e. The van der Waals surface area contributed by atoms with Crippen LogP contribution in [0.5, 0.6) is 0 Å². The minimum atomic E-state index is -3.12. The topological polar surface area (TPSA) is 76.6 Å². The summed E-state index contributed by atoms with van der Waals surface area (Å²) in [5.74, 6) is 0.0181. The van der Waals surface area contributed by atoms with Gasteiger partial charge < -0.3 is 9.64 Å². The maximum Gasteiger partial charge on any atom is 0.223 e. The van der Waals surface area contributed by atoms with Crippen molar-refractivity contribution in [1.82, 2.24) is 9.88 Å². The first-order valence-corrected chi connectivity index (χ1v) is 11.3. The molecule has 2 aliphatic heterocycles. The second-order valence-electron chi connectivity index (χ2n) is 6.63. The molecule has 1 aromatic heterocycles. The summed E-state index contributed by atoms with van der Waals surface area (Å²) in [4.78, 5) is 19.0. The maximum atomic E-state index is 12.7. The predicted octanol–water partition coefficient (Wildman–Crippen LogP) is 1.77. The molecule has 2 unspecified atom stereocenters. The molecule has 0 N–H and O–H groups in total. The highest BCUT2D eigenvalue weighted by Gasteiger charge is 2.45. The molecule has 138 valence electrons. The van der Waals surface area contributed by atoms with E-state index < -0.39 is 9.84 Å². The monoisotopic (exact) mass is 392 g/mol. The third-order valence-corrected chi connectivity index (χ3v) is 7.43. The molecule has 8 heteroatoms. The molecule has 3 heterocycles. The van der Waals surface area contributed by atoms with Gasteiger partial charge in [0.25, 0.3) is 0 Å². The fourth-order valence-corrected chi connectivity index (χ4v) is 6.23. The van der Waals surface area contributed by atoms with Crippen molar-refractivity contribution in [2.24, 2.45) is 0 Å². The Kier molecular flexibility index (Phi) is 4.81. The maximum absolute atomic E-state index is 12.7. The Balaban J connectivity index is 1.39. The Bertz CT molecular complexity index is 895. The van der Waals surface area contributed by atoms with Crippen molar-refractivity contribution in [3.63, 3.8) is 0 Å². The van der Waals surface area contributed by atoms with Crippen LogP contribution >= 0.6 is 11.3 Å². The lowest BCUT2D eigenvalue weighted by Gasteiger charge is -2.36. The third kappa shape index (κ3) is 3.67. The molecule has 1 aromatic carbocycles. The molecule has 0 bridgehead atoms. The lowest BCUT2D eigenvalue weighted by Crippen LogP contribution is -2.53. The lowest BCUT2D eigenvalue weighted by atomic mass is 10.1. The molecule has 2 atom stereocenters. The number of sulfone groups is 1. The summed E-state index contributed by atoms with van der Waals surface area (Å²) >= 11 is 1.55. The number of carbonyl (C=O) groups is 1. The smallest absolute Gasteiger partial charge is 0.223 e. The normalized spacial score (nSPS) is 24.4. The summed E-state index contributed by atoms with van der Waals surface area (Å²) in [6, 6.07) is 9.60. The van der Waals surface area contributed by atoms with Crippen LogP contribution in [-0.2, 0) is 25.8 Å². The standard InChI is InChI=1S/C18H20N2O4S2/c21-18(20-8-9-24-16-12-26(22,23)11-15(16)20)7-6-17-19-14(10-25-17)13-4-2-1-3-5-13/h1-5,10,15-16H,6-9,11-12H2. The van der Waals surface area contributed by atoms with Gasteiger partial charge in [-0.1, -0.05) is 30.3 Å². The van der Waals surface area contributed by atoms with Crippen LogP contribution in [0.3, 0.4) is 0 Å². The van der Waals surface area contributed by atoms with Crippen LogP contribution in [-0.4, -0.2) is 61.0 Å². The largest absolute Gasteiger partial charge is 0.373 e. The molecule has 0 radical (unpaired) electrons. The number of aromatic nitrogens is 1. The Morgan fingerprint density at radius 1 is 1.27 bits per heavy atom. The third-order valence-electron chi connectivity index (χ3n) is 4.83. The molecule has 0 aliphatic carbocycles. The molecule has 1 amide bonds. The van der Waals surface area contributed by atoms with Gasteiger partial charge in [0.05, 0.1) is 41.0 Å². The van der Waals surface area contributed by atoms with Crippen LogP contribution in [0.1, 0.15) is 11.4 Å². The molecule has 2 aliphatic rings. The van der Waals surface area contributed by atoms with E-state index in [1.165, 1.54) is 0 Å². The van der Waals surface area contributed by atoms with Crippen molar-refractivity contribution in [2.45, 2.75) is 25.0 Å². The van der Waals surface area contributed by atoms with Crippen LogP contribution in [0.25, 0.3) is 11.3 Å². The minimum absolute atomic E-state index is 0.0127. The number of aryl methyl sites for hydroxylation is 1. The molecule has 0 saturated carbocycles. The number of thiazole rings is 1. The van der Waals surface area contributed by atoms with E-state index in [-0.39, 0.29) is 29.6 Å². The van der Waals surface area contributed by atoms with E-state index in [2.05, 4.69) is 4.98 Å². The zero-order chi connectivity index (χ0) is 18.1. The van der Waals surface area contributed by atoms with E-state index in [1.807, 2.05) is 35.7 Å². The number of benzene rings is 1. The van der Waals surface area contributed by atoms with Crippen molar-refractivity contribution in [3.8, 4) is 11.3 Å². The van der Waals surface area contributed by atoms with Crippen molar-refractivity contribution in [3.05, 3.63) is 40.7 Å². The number of carbonyl (C=O) groups excluding carboxylic acids is 1. The quantitative estimate of drug-likeness (QED) is 0.793. The number of hydrogen-bond donors (Lipinski definition) is 0. The first-order valence-electron chi connectivity index (χ1n) is 8.63. The molecule has 2 aromatic rings. The van der Waals surface area contributed by atoms with E-state index in [0.29, 0.717) is 26.0 Å². The number of hydrogen-bond acceptors (Lipinski definition) is 6. The van der Waals surface area contributed by atoms with Crippen LogP contribution in [0.4, 0.5) is 0 Å². The van der Waals surface area contributed by atoms with Gasteiger partial charge in [0.15, 0.2) is 9.84 Å². The Hall–Kier alpha value is -1.77. The highest BCUT2D eigenvalue weighted by molar-refractivity contribution is 7.91. The second-order valence-corrected chi connectivity index (χ2v) is 9.73. The fraction of sp³-hybridized carbons (Fsp3) is 0.444. The lowest BCUT2D eigenvalue weighted by molar-refractivity contribution is -0.142. The zero-order valence-electron chi connectivity index (χ0n) is 14.2. The van der Waals surface area contributed by atoms with Gasteiger partial charge in [0, 0.05) is 30.3 Å². The van der Waals surface area contributed by atoms with Crippen LogP contribution in [0, 0.1) is 0 Å². The Morgan fingerprint density at radius 3 is 2.88 bits per heavy atom. The first kappa shape index (κ1) is 17.6. The van der Waals surface area contributed by atoms with Gasteiger partial charge in [-0.15, -0.1) is 11.3 Å². The summed E-state index contributed by atoms with van der Waals surface area (Å²) in [6.45, 7) is 0.862. The van der Waals surface area contributed by atoms with Gasteiger partial charge in [-0.3, -0.25) is 4.79 Å². The predicted molar refractivity (Wildman–Crippen MR) is 99.8 cm³/mol. The summed E-state index contributed by atoms with van der Waals surface area (Å²) in [6.07, 6.45) is 0.533. The summed E-state index contributed by atoms with van der Waals surface area (Å²) in [7, 11) is -3.12. The molecule has 2 saturated heterocycles. The Labute approximate surface area is 156 Å². The first-order chi connectivity index (χ1) is 12.5. The Morgan fingerprint density at radius 2 is 2.08 bits per heavy atom. The van der Waals surface area contributed by atoms with E-state index >= 15 is 0 Å². The van der Waals surface area contributed by atoms with Gasteiger partial charge in [-0.05, 0) is 0 Å². The molecular weight excluding hydrogens is 372 g/mol. The van der Waals surface area contributed by atoms with Gasteiger partial charge in [-0.2, -0.15) is 0 Å². The highest BCUT2D eigenvalue weighted by Crippen LogP contribution is 2.26. The number of fused-ring (bicyclic) bond motifs is 1. The van der Waals surface area contributed by atoms with E-state index in [0.717, 1.165) is 16.3 Å². The molecule has 2 fully saturated rings. The summed E-state index contributed by atoms with van der Waals surface area (Å²) in [5.41, 5.74) is 1.99. The number of rotatable bonds is 4. The van der Waals surface area contributed by atoms with Gasteiger partial charge in [0.1, 0.15) is 0 Å². The van der Waals surface area contributed by atoms with Crippen LogP contribution < -0.4 is 0 Å². The molecule has 4 rings (SSSR count). The summed E-state index contributed by atoms with van der Waals surface area (Å²) < 4.78 is 29.3. The van der Waals surface area contributed by atoms with Crippen molar-refractivity contribution in [1.29, 1.82) is 0 Å². The molecule has 6 nitrogen and oxygen atoms in total. The number of morpholine rings is 1.